The number of fused-ring (bicyclic) bond motifs is 3. The molecule has 0 saturated heterocycles. The lowest BCUT2D eigenvalue weighted by atomic mass is 9.74. The predicted octanol–water partition coefficient (Wildman–Crippen LogP) is 1.31. The number of phenolic OH excluding ortho intramolecular Hbond substituents is 3. The number of carbonyl (C=O) groups excluding carboxylic acids is 2. The monoisotopic (exact) mass is 356 g/mol. The van der Waals surface area contributed by atoms with Crippen LogP contribution in [0.4, 0.5) is 0 Å². The van der Waals surface area contributed by atoms with Crippen LogP contribution < -0.4 is 0 Å². The Morgan fingerprint density at radius 1 is 1.00 bits per heavy atom. The fraction of sp³-hybridized carbons (Fsp3) is 0.263. The number of ketones is 2. The zero-order valence-corrected chi connectivity index (χ0v) is 13.8. The van der Waals surface area contributed by atoms with Crippen molar-refractivity contribution in [3.8, 4) is 17.2 Å². The van der Waals surface area contributed by atoms with Gasteiger partial charge in [-0.3, -0.25) is 9.59 Å². The van der Waals surface area contributed by atoms with Gasteiger partial charge in [0.25, 0.3) is 0 Å². The van der Waals surface area contributed by atoms with E-state index in [4.69, 9.17) is 0 Å². The molecule has 5 N–H and O–H groups in total. The van der Waals surface area contributed by atoms with E-state index in [0.29, 0.717) is 5.56 Å². The van der Waals surface area contributed by atoms with Crippen LogP contribution in [0.1, 0.15) is 62.4 Å². The largest absolute Gasteiger partial charge is 0.507 e. The van der Waals surface area contributed by atoms with Crippen LogP contribution in [0.2, 0.25) is 0 Å². The van der Waals surface area contributed by atoms with E-state index < -0.39 is 40.5 Å². The van der Waals surface area contributed by atoms with E-state index in [-0.39, 0.29) is 40.7 Å². The molecule has 4 rings (SSSR count). The molecule has 7 nitrogen and oxygen atoms in total. The summed E-state index contributed by atoms with van der Waals surface area (Å²) in [5.41, 5.74) is -1.94. The molecule has 0 amide bonds. The highest BCUT2D eigenvalue weighted by Gasteiger charge is 2.42. The van der Waals surface area contributed by atoms with Crippen molar-refractivity contribution >= 4 is 11.6 Å². The van der Waals surface area contributed by atoms with Gasteiger partial charge in [-0.1, -0.05) is 0 Å². The van der Waals surface area contributed by atoms with Crippen LogP contribution in [0.3, 0.4) is 0 Å². The molecule has 7 heteroatoms. The summed E-state index contributed by atoms with van der Waals surface area (Å²) in [7, 11) is 0. The van der Waals surface area contributed by atoms with Crippen LogP contribution in [0.15, 0.2) is 18.2 Å². The summed E-state index contributed by atoms with van der Waals surface area (Å²) >= 11 is 0. The van der Waals surface area contributed by atoms with Gasteiger partial charge in [0.15, 0.2) is 5.78 Å². The van der Waals surface area contributed by atoms with Crippen molar-refractivity contribution in [1.29, 1.82) is 0 Å². The average molecular weight is 356 g/mol. The summed E-state index contributed by atoms with van der Waals surface area (Å²) < 4.78 is 0. The molecule has 0 aromatic heterocycles. The standard InChI is InChI=1S/C19H16O7/c1-19(26)5-7-4-8-13(17(24)12(7)11(22)6-19)18(25)15-10(21)3-2-9(20)14(15)16(8)23/h2-4,11,20-22,24,26H,5-6H2,1H3. The Morgan fingerprint density at radius 2 is 1.58 bits per heavy atom. The number of aliphatic hydroxyl groups excluding tert-OH is 1. The minimum atomic E-state index is -1.23. The molecule has 2 aromatic rings. The molecule has 0 spiro atoms. The maximum atomic E-state index is 12.9. The SMILES string of the molecule is CC1(O)Cc2cc3c(c(O)c2C(O)C1)C(=O)c1c(O)ccc(O)c1C3=O. The van der Waals surface area contributed by atoms with Gasteiger partial charge in [0.1, 0.15) is 17.2 Å². The van der Waals surface area contributed by atoms with Crippen molar-refractivity contribution in [2.75, 3.05) is 0 Å². The molecule has 0 heterocycles. The smallest absolute Gasteiger partial charge is 0.202 e. The van der Waals surface area contributed by atoms with Gasteiger partial charge < -0.3 is 25.5 Å². The van der Waals surface area contributed by atoms with Crippen LogP contribution >= 0.6 is 0 Å². The molecule has 0 fully saturated rings. The van der Waals surface area contributed by atoms with Gasteiger partial charge in [-0.15, -0.1) is 0 Å². The molecule has 2 aromatic carbocycles. The van der Waals surface area contributed by atoms with E-state index in [1.807, 2.05) is 0 Å². The quantitative estimate of drug-likeness (QED) is 0.383. The highest BCUT2D eigenvalue weighted by molar-refractivity contribution is 6.31. The fourth-order valence-corrected chi connectivity index (χ4v) is 3.97. The first-order valence-corrected chi connectivity index (χ1v) is 8.06. The van der Waals surface area contributed by atoms with Crippen molar-refractivity contribution in [2.24, 2.45) is 0 Å². The first-order chi connectivity index (χ1) is 12.1. The lowest BCUT2D eigenvalue weighted by Crippen LogP contribution is -2.35. The zero-order chi connectivity index (χ0) is 19.0. The Hall–Kier alpha value is -2.90. The molecule has 26 heavy (non-hydrogen) atoms. The predicted molar refractivity (Wildman–Crippen MR) is 88.6 cm³/mol. The van der Waals surface area contributed by atoms with E-state index in [1.165, 1.54) is 13.0 Å². The Morgan fingerprint density at radius 3 is 2.19 bits per heavy atom. The number of aromatic hydroxyl groups is 3. The van der Waals surface area contributed by atoms with Gasteiger partial charge in [0.05, 0.1) is 28.4 Å². The third-order valence-electron chi connectivity index (χ3n) is 5.05. The Kier molecular flexibility index (Phi) is 3.22. The molecule has 134 valence electrons. The molecule has 0 saturated carbocycles. The van der Waals surface area contributed by atoms with E-state index in [1.54, 1.807) is 0 Å². The Bertz CT molecular complexity index is 1000. The van der Waals surface area contributed by atoms with Crippen LogP contribution in [-0.4, -0.2) is 42.7 Å². The minimum absolute atomic E-state index is 0.0306. The second-order valence-corrected chi connectivity index (χ2v) is 7.13. The number of benzene rings is 2. The normalized spacial score (nSPS) is 24.0. The highest BCUT2D eigenvalue weighted by atomic mass is 16.3. The van der Waals surface area contributed by atoms with Gasteiger partial charge in [-0.2, -0.15) is 0 Å². The van der Waals surface area contributed by atoms with Gasteiger partial charge in [-0.25, -0.2) is 0 Å². The van der Waals surface area contributed by atoms with Crippen LogP contribution in [-0.2, 0) is 6.42 Å². The van der Waals surface area contributed by atoms with Gasteiger partial charge in [0, 0.05) is 24.0 Å². The van der Waals surface area contributed by atoms with Gasteiger partial charge >= 0.3 is 0 Å². The maximum Gasteiger partial charge on any atom is 0.202 e. The summed E-state index contributed by atoms with van der Waals surface area (Å²) in [6.45, 7) is 1.53. The number of hydrogen-bond donors (Lipinski definition) is 5. The second kappa shape index (κ2) is 5.06. The topological polar surface area (TPSA) is 135 Å². The number of aliphatic hydroxyl groups is 2. The van der Waals surface area contributed by atoms with Crippen LogP contribution in [0.5, 0.6) is 17.2 Å². The van der Waals surface area contributed by atoms with Crippen LogP contribution in [0.25, 0.3) is 0 Å². The fourth-order valence-electron chi connectivity index (χ4n) is 3.97. The van der Waals surface area contributed by atoms with Crippen molar-refractivity contribution < 1.29 is 35.1 Å². The molecule has 0 aliphatic heterocycles. The molecule has 2 aliphatic rings. The molecule has 2 aliphatic carbocycles. The van der Waals surface area contributed by atoms with Crippen molar-refractivity contribution in [3.05, 3.63) is 51.6 Å². The molecule has 2 unspecified atom stereocenters. The summed E-state index contributed by atoms with van der Waals surface area (Å²) in [6, 6.07) is 3.55. The lowest BCUT2D eigenvalue weighted by molar-refractivity contribution is -0.00831. The summed E-state index contributed by atoms with van der Waals surface area (Å²) in [6.07, 6.45) is -1.15. The third kappa shape index (κ3) is 2.07. The van der Waals surface area contributed by atoms with E-state index in [9.17, 15) is 35.1 Å². The number of rotatable bonds is 0. The maximum absolute atomic E-state index is 12.9. The third-order valence-corrected chi connectivity index (χ3v) is 5.05. The lowest BCUT2D eigenvalue weighted by Gasteiger charge is -2.35. The van der Waals surface area contributed by atoms with Crippen LogP contribution in [0, 0.1) is 0 Å². The molecule has 0 radical (unpaired) electrons. The van der Waals surface area contributed by atoms with Gasteiger partial charge in [0.2, 0.25) is 5.78 Å². The molecular formula is C19H16O7. The van der Waals surface area contributed by atoms with E-state index in [0.717, 1.165) is 12.1 Å². The number of carbonyl (C=O) groups is 2. The van der Waals surface area contributed by atoms with Crippen molar-refractivity contribution in [3.63, 3.8) is 0 Å². The number of hydrogen-bond acceptors (Lipinski definition) is 7. The average Bonchev–Trinajstić information content (AvgIpc) is 2.52. The minimum Gasteiger partial charge on any atom is -0.507 e. The zero-order valence-electron chi connectivity index (χ0n) is 13.8. The second-order valence-electron chi connectivity index (χ2n) is 7.13. The molecular weight excluding hydrogens is 340 g/mol. The summed E-state index contributed by atoms with van der Waals surface area (Å²) in [5.74, 6) is -3.01. The molecule has 2 atom stereocenters. The first-order valence-electron chi connectivity index (χ1n) is 8.06. The van der Waals surface area contributed by atoms with Crippen molar-refractivity contribution in [1.82, 2.24) is 0 Å². The number of phenols is 3. The van der Waals surface area contributed by atoms with E-state index >= 15 is 0 Å². The Balaban J connectivity index is 2.03. The molecule has 0 bridgehead atoms. The van der Waals surface area contributed by atoms with Crippen molar-refractivity contribution in [2.45, 2.75) is 31.5 Å². The highest BCUT2D eigenvalue weighted by Crippen LogP contribution is 2.47. The van der Waals surface area contributed by atoms with Gasteiger partial charge in [-0.05, 0) is 30.7 Å². The first kappa shape index (κ1) is 16.6. The summed E-state index contributed by atoms with van der Waals surface area (Å²) in [5, 5.41) is 51.2. The Labute approximate surface area is 147 Å². The summed E-state index contributed by atoms with van der Waals surface area (Å²) in [4.78, 5) is 25.7. The van der Waals surface area contributed by atoms with E-state index in [2.05, 4.69) is 0 Å².